The number of benzene rings is 3. The van der Waals surface area contributed by atoms with Gasteiger partial charge in [-0.2, -0.15) is 0 Å². The molecular formula is C30H27F2NO3. The average Bonchev–Trinajstić information content (AvgIpc) is 3.37. The Balaban J connectivity index is 1.15. The predicted molar refractivity (Wildman–Crippen MR) is 132 cm³/mol. The van der Waals surface area contributed by atoms with Crippen LogP contribution in [0.1, 0.15) is 65.1 Å². The average molecular weight is 488 g/mol. The van der Waals surface area contributed by atoms with Crippen LogP contribution in [-0.4, -0.2) is 35.5 Å². The molecule has 1 aliphatic carbocycles. The summed E-state index contributed by atoms with van der Waals surface area (Å²) in [4.78, 5) is 28.2. The van der Waals surface area contributed by atoms with E-state index in [-0.39, 0.29) is 53.5 Å². The Morgan fingerprint density at radius 3 is 2.00 bits per heavy atom. The zero-order valence-electron chi connectivity index (χ0n) is 19.8. The molecule has 3 aromatic rings. The number of hydrogen-bond donors (Lipinski definition) is 0. The van der Waals surface area contributed by atoms with Gasteiger partial charge in [-0.15, -0.1) is 0 Å². The van der Waals surface area contributed by atoms with Crippen LogP contribution in [0, 0.1) is 5.92 Å². The van der Waals surface area contributed by atoms with E-state index in [4.69, 9.17) is 4.74 Å². The van der Waals surface area contributed by atoms with Gasteiger partial charge < -0.3 is 9.64 Å². The summed E-state index contributed by atoms with van der Waals surface area (Å²) >= 11 is 0. The number of ether oxygens (including phenoxy) is 1. The van der Waals surface area contributed by atoms with Crippen molar-refractivity contribution in [2.75, 3.05) is 6.61 Å². The molecule has 2 saturated heterocycles. The summed E-state index contributed by atoms with van der Waals surface area (Å²) < 4.78 is 32.8. The minimum Gasteiger partial charge on any atom is -0.448 e. The molecule has 2 aliphatic heterocycles. The standard InChI is InChI=1S/C30H27F2NO3/c31-29(32)26-12-6-5-11-25(26)28(34)18-15-19-13-14-20(16-18)33(19)30(35)36-17-27-23-9-3-1-7-21(23)22-8-2-4-10-24(22)27/h1-12,18-20,27,29H,13-17H2. The van der Waals surface area contributed by atoms with Crippen molar-refractivity contribution in [3.63, 3.8) is 0 Å². The molecule has 0 spiro atoms. The molecular weight excluding hydrogens is 460 g/mol. The Labute approximate surface area is 208 Å². The fraction of sp³-hybridized carbons (Fsp3) is 0.333. The number of amides is 1. The molecule has 2 fully saturated rings. The Kier molecular flexibility index (Phi) is 5.82. The van der Waals surface area contributed by atoms with E-state index in [9.17, 15) is 18.4 Å². The van der Waals surface area contributed by atoms with E-state index in [0.29, 0.717) is 12.8 Å². The van der Waals surface area contributed by atoms with Gasteiger partial charge in [0, 0.05) is 35.0 Å². The molecule has 184 valence electrons. The topological polar surface area (TPSA) is 46.6 Å². The van der Waals surface area contributed by atoms with Crippen LogP contribution < -0.4 is 0 Å². The minimum atomic E-state index is -2.69. The van der Waals surface area contributed by atoms with Crippen molar-refractivity contribution in [2.45, 2.75) is 50.1 Å². The van der Waals surface area contributed by atoms with E-state index in [1.807, 2.05) is 24.3 Å². The third-order valence-electron chi connectivity index (χ3n) is 8.11. The largest absolute Gasteiger partial charge is 0.448 e. The second-order valence-corrected chi connectivity index (χ2v) is 10.0. The molecule has 36 heavy (non-hydrogen) atoms. The van der Waals surface area contributed by atoms with Crippen LogP contribution in [0.25, 0.3) is 11.1 Å². The second kappa shape index (κ2) is 9.16. The van der Waals surface area contributed by atoms with E-state index < -0.39 is 6.43 Å². The van der Waals surface area contributed by atoms with Gasteiger partial charge in [0.05, 0.1) is 0 Å². The normalized spacial score (nSPS) is 22.4. The molecule has 2 unspecified atom stereocenters. The van der Waals surface area contributed by atoms with E-state index in [1.165, 1.54) is 29.3 Å². The first-order valence-electron chi connectivity index (χ1n) is 12.6. The maximum Gasteiger partial charge on any atom is 0.410 e. The lowest BCUT2D eigenvalue weighted by Gasteiger charge is -2.38. The van der Waals surface area contributed by atoms with Crippen molar-refractivity contribution in [1.82, 2.24) is 4.90 Å². The van der Waals surface area contributed by atoms with Crippen LogP contribution in [0.2, 0.25) is 0 Å². The highest BCUT2D eigenvalue weighted by molar-refractivity contribution is 5.99. The van der Waals surface area contributed by atoms with Gasteiger partial charge in [0.25, 0.3) is 6.43 Å². The van der Waals surface area contributed by atoms with Gasteiger partial charge in [-0.1, -0.05) is 72.8 Å². The highest BCUT2D eigenvalue weighted by Gasteiger charge is 2.46. The van der Waals surface area contributed by atoms with E-state index in [0.717, 1.165) is 24.0 Å². The zero-order chi connectivity index (χ0) is 24.8. The van der Waals surface area contributed by atoms with Crippen molar-refractivity contribution in [2.24, 2.45) is 5.92 Å². The van der Waals surface area contributed by atoms with Gasteiger partial charge in [-0.05, 0) is 47.9 Å². The Bertz CT molecular complexity index is 1260. The summed E-state index contributed by atoms with van der Waals surface area (Å²) in [7, 11) is 0. The predicted octanol–water partition coefficient (Wildman–Crippen LogP) is 7.00. The number of hydrogen-bond acceptors (Lipinski definition) is 3. The molecule has 6 rings (SSSR count). The molecule has 1 amide bonds. The number of halogens is 2. The lowest BCUT2D eigenvalue weighted by Crippen LogP contribution is -2.48. The van der Waals surface area contributed by atoms with Gasteiger partial charge in [0.2, 0.25) is 0 Å². The lowest BCUT2D eigenvalue weighted by molar-refractivity contribution is 0.0503. The third kappa shape index (κ3) is 3.80. The first kappa shape index (κ1) is 22.9. The summed E-state index contributed by atoms with van der Waals surface area (Å²) in [6, 6.07) is 22.2. The number of fused-ring (bicyclic) bond motifs is 5. The van der Waals surface area contributed by atoms with Crippen LogP contribution in [0.3, 0.4) is 0 Å². The number of Topliss-reactive ketones (excluding diaryl/α,β-unsaturated/α-hetero) is 1. The van der Waals surface area contributed by atoms with Gasteiger partial charge in [-0.3, -0.25) is 4.79 Å². The monoisotopic (exact) mass is 487 g/mol. The van der Waals surface area contributed by atoms with Crippen LogP contribution in [0.15, 0.2) is 72.8 Å². The zero-order valence-corrected chi connectivity index (χ0v) is 19.8. The fourth-order valence-corrected chi connectivity index (χ4v) is 6.49. The first-order chi connectivity index (χ1) is 17.5. The first-order valence-corrected chi connectivity index (χ1v) is 12.6. The second-order valence-electron chi connectivity index (χ2n) is 10.0. The van der Waals surface area contributed by atoms with Gasteiger partial charge in [-0.25, -0.2) is 13.6 Å². The van der Waals surface area contributed by atoms with Gasteiger partial charge in [0.15, 0.2) is 5.78 Å². The molecule has 2 bridgehead atoms. The molecule has 2 heterocycles. The molecule has 2 atom stereocenters. The Hall–Kier alpha value is -3.54. The van der Waals surface area contributed by atoms with E-state index in [1.54, 1.807) is 11.0 Å². The van der Waals surface area contributed by atoms with Crippen LogP contribution in [0.5, 0.6) is 0 Å². The molecule has 0 aromatic heterocycles. The summed E-state index contributed by atoms with van der Waals surface area (Å²) in [6.07, 6.45) is -0.468. The Morgan fingerprint density at radius 1 is 0.833 bits per heavy atom. The number of alkyl halides is 2. The molecule has 6 heteroatoms. The van der Waals surface area contributed by atoms with Crippen molar-refractivity contribution in [3.05, 3.63) is 95.1 Å². The number of nitrogens with zero attached hydrogens (tertiary/aromatic N) is 1. The molecule has 0 saturated carbocycles. The fourth-order valence-electron chi connectivity index (χ4n) is 6.49. The van der Waals surface area contributed by atoms with Crippen molar-refractivity contribution < 1.29 is 23.1 Å². The summed E-state index contributed by atoms with van der Waals surface area (Å²) in [5.74, 6) is -0.612. The van der Waals surface area contributed by atoms with E-state index in [2.05, 4.69) is 24.3 Å². The van der Waals surface area contributed by atoms with Gasteiger partial charge in [0.1, 0.15) is 6.61 Å². The van der Waals surface area contributed by atoms with E-state index >= 15 is 0 Å². The number of carbonyl (C=O) groups is 2. The number of piperidine rings is 1. The van der Waals surface area contributed by atoms with Crippen molar-refractivity contribution >= 4 is 11.9 Å². The number of carbonyl (C=O) groups excluding carboxylic acids is 2. The number of rotatable bonds is 5. The summed E-state index contributed by atoms with van der Waals surface area (Å²) in [6.45, 7) is 0.257. The third-order valence-corrected chi connectivity index (χ3v) is 8.11. The van der Waals surface area contributed by atoms with Gasteiger partial charge >= 0.3 is 6.09 Å². The summed E-state index contributed by atoms with van der Waals surface area (Å²) in [5, 5.41) is 0. The molecule has 0 N–H and O–H groups in total. The molecule has 3 aromatic carbocycles. The van der Waals surface area contributed by atoms with Crippen LogP contribution in [-0.2, 0) is 4.74 Å². The highest BCUT2D eigenvalue weighted by Crippen LogP contribution is 2.45. The Morgan fingerprint density at radius 2 is 1.39 bits per heavy atom. The van der Waals surface area contributed by atoms with Crippen LogP contribution in [0.4, 0.5) is 13.6 Å². The highest BCUT2D eigenvalue weighted by atomic mass is 19.3. The maximum absolute atomic E-state index is 13.5. The summed E-state index contributed by atoms with van der Waals surface area (Å²) in [5.41, 5.74) is 4.57. The minimum absolute atomic E-state index is 0.0102. The quantitative estimate of drug-likeness (QED) is 0.364. The van der Waals surface area contributed by atoms with Crippen molar-refractivity contribution in [3.8, 4) is 11.1 Å². The van der Waals surface area contributed by atoms with Crippen LogP contribution >= 0.6 is 0 Å². The number of ketones is 1. The molecule has 4 nitrogen and oxygen atoms in total. The molecule has 3 aliphatic rings. The molecule has 0 radical (unpaired) electrons. The maximum atomic E-state index is 13.5. The van der Waals surface area contributed by atoms with Crippen molar-refractivity contribution in [1.29, 1.82) is 0 Å². The lowest BCUT2D eigenvalue weighted by atomic mass is 9.83. The smallest absolute Gasteiger partial charge is 0.410 e. The SMILES string of the molecule is O=C(c1ccccc1C(F)F)C1CC2CCC(C1)N2C(=O)OCC1c2ccccc2-c2ccccc21.